The third kappa shape index (κ3) is 3.51. The molecule has 2 rings (SSSR count). The molecular formula is C15H19BrN4O. The number of nitrogens with zero attached hydrogens (tertiary/aromatic N) is 2. The Labute approximate surface area is 133 Å². The summed E-state index contributed by atoms with van der Waals surface area (Å²) in [5.41, 5.74) is 3.17. The molecule has 6 heteroatoms. The van der Waals surface area contributed by atoms with Crippen LogP contribution in [0.1, 0.15) is 32.2 Å². The Morgan fingerprint density at radius 1 is 1.19 bits per heavy atom. The Bertz CT molecular complexity index is 653. The van der Waals surface area contributed by atoms with Crippen LogP contribution in [0, 0.1) is 6.92 Å². The van der Waals surface area contributed by atoms with Crippen molar-refractivity contribution in [3.63, 3.8) is 0 Å². The van der Waals surface area contributed by atoms with Crippen LogP contribution in [0.2, 0.25) is 0 Å². The molecule has 0 radical (unpaired) electrons. The average molecular weight is 351 g/mol. The summed E-state index contributed by atoms with van der Waals surface area (Å²) in [6.07, 6.45) is 0. The lowest BCUT2D eigenvalue weighted by Crippen LogP contribution is -2.20. The van der Waals surface area contributed by atoms with Gasteiger partial charge in [-0.15, -0.1) is 0 Å². The van der Waals surface area contributed by atoms with Crippen molar-refractivity contribution in [1.82, 2.24) is 9.97 Å². The maximum Gasteiger partial charge on any atom is 0.227 e. The number of ether oxygens (including phenoxy) is 1. The molecule has 5 nitrogen and oxygen atoms in total. The first-order chi connectivity index (χ1) is 9.82. The highest BCUT2D eigenvalue weighted by molar-refractivity contribution is 9.10. The molecule has 1 aromatic heterocycles. The first-order valence-electron chi connectivity index (χ1n) is 6.61. The number of hydrogen-bond donors (Lipinski definition) is 2. The number of nitrogens with one attached hydrogen (secondary N) is 1. The van der Waals surface area contributed by atoms with Gasteiger partial charge < -0.3 is 10.2 Å². The maximum absolute atomic E-state index is 5.92. The fourth-order valence-corrected chi connectivity index (χ4v) is 2.07. The molecule has 0 aliphatic heterocycles. The van der Waals surface area contributed by atoms with Gasteiger partial charge in [-0.1, -0.05) is 32.9 Å². The first kappa shape index (κ1) is 15.7. The summed E-state index contributed by atoms with van der Waals surface area (Å²) in [6, 6.07) is 7.62. The lowest BCUT2D eigenvalue weighted by Gasteiger charge is -2.20. The Kier molecular flexibility index (Phi) is 4.49. The van der Waals surface area contributed by atoms with E-state index in [1.54, 1.807) is 0 Å². The molecule has 3 N–H and O–H groups in total. The van der Waals surface area contributed by atoms with Gasteiger partial charge in [-0.3, -0.25) is 0 Å². The molecule has 0 spiro atoms. The smallest absolute Gasteiger partial charge is 0.227 e. The number of benzene rings is 1. The van der Waals surface area contributed by atoms with Crippen LogP contribution < -0.4 is 16.0 Å². The quantitative estimate of drug-likeness (QED) is 0.648. The van der Waals surface area contributed by atoms with Crippen molar-refractivity contribution in [3.8, 4) is 11.6 Å². The van der Waals surface area contributed by atoms with E-state index in [2.05, 4.69) is 31.3 Å². The number of para-hydroxylation sites is 1. The molecule has 1 aromatic carbocycles. The van der Waals surface area contributed by atoms with Crippen molar-refractivity contribution in [2.24, 2.45) is 5.84 Å². The van der Waals surface area contributed by atoms with Crippen LogP contribution in [-0.4, -0.2) is 9.97 Å². The zero-order valence-corrected chi connectivity index (χ0v) is 14.2. The van der Waals surface area contributed by atoms with Gasteiger partial charge in [0.2, 0.25) is 5.88 Å². The lowest BCUT2D eigenvalue weighted by atomic mass is 9.95. The molecule has 0 bridgehead atoms. The Morgan fingerprint density at radius 3 is 2.43 bits per heavy atom. The summed E-state index contributed by atoms with van der Waals surface area (Å²) in [4.78, 5) is 8.99. The van der Waals surface area contributed by atoms with E-state index in [1.165, 1.54) is 0 Å². The molecule has 2 aromatic rings. The van der Waals surface area contributed by atoms with E-state index < -0.39 is 0 Å². The number of aromatic nitrogens is 2. The molecule has 21 heavy (non-hydrogen) atoms. The highest BCUT2D eigenvalue weighted by Crippen LogP contribution is 2.33. The third-order valence-electron chi connectivity index (χ3n) is 2.95. The monoisotopic (exact) mass is 350 g/mol. The lowest BCUT2D eigenvalue weighted by molar-refractivity contribution is 0.440. The van der Waals surface area contributed by atoms with Crippen LogP contribution in [0.4, 0.5) is 5.82 Å². The SMILES string of the molecule is Cc1c(NN)nc(C(C)(C)C)nc1Oc1ccccc1Br. The number of hydrazine groups is 1. The van der Waals surface area contributed by atoms with E-state index in [0.717, 1.165) is 10.0 Å². The van der Waals surface area contributed by atoms with E-state index in [9.17, 15) is 0 Å². The van der Waals surface area contributed by atoms with Gasteiger partial charge in [0.1, 0.15) is 11.6 Å². The number of anilines is 1. The number of nitrogen functional groups attached to an aromatic ring is 1. The zero-order valence-electron chi connectivity index (χ0n) is 12.6. The minimum absolute atomic E-state index is 0.203. The predicted molar refractivity (Wildman–Crippen MR) is 87.5 cm³/mol. The van der Waals surface area contributed by atoms with Gasteiger partial charge in [0.15, 0.2) is 5.82 Å². The molecule has 0 saturated carbocycles. The van der Waals surface area contributed by atoms with E-state index >= 15 is 0 Å². The van der Waals surface area contributed by atoms with Crippen LogP contribution in [0.15, 0.2) is 28.7 Å². The molecule has 0 amide bonds. The molecule has 0 atom stereocenters. The van der Waals surface area contributed by atoms with Crippen LogP contribution in [0.5, 0.6) is 11.6 Å². The molecule has 0 unspecified atom stereocenters. The Balaban J connectivity index is 2.50. The fourth-order valence-electron chi connectivity index (χ4n) is 1.70. The fraction of sp³-hybridized carbons (Fsp3) is 0.333. The summed E-state index contributed by atoms with van der Waals surface area (Å²) in [5, 5.41) is 0. The van der Waals surface area contributed by atoms with Crippen LogP contribution >= 0.6 is 15.9 Å². The standard InChI is InChI=1S/C15H19BrN4O/c1-9-12(20-17)18-14(15(2,3)4)19-13(9)21-11-8-6-5-7-10(11)16/h5-8H,17H2,1-4H3,(H,18,19,20). The summed E-state index contributed by atoms with van der Waals surface area (Å²) in [7, 11) is 0. The Hall–Kier alpha value is -1.66. The molecule has 0 saturated heterocycles. The molecule has 0 aliphatic rings. The van der Waals surface area contributed by atoms with Gasteiger partial charge in [0.05, 0.1) is 10.0 Å². The minimum atomic E-state index is -0.203. The van der Waals surface area contributed by atoms with Crippen LogP contribution in [0.25, 0.3) is 0 Å². The first-order valence-corrected chi connectivity index (χ1v) is 7.40. The summed E-state index contributed by atoms with van der Waals surface area (Å²) < 4.78 is 6.79. The minimum Gasteiger partial charge on any atom is -0.437 e. The molecular weight excluding hydrogens is 332 g/mol. The van der Waals surface area contributed by atoms with E-state index in [4.69, 9.17) is 10.6 Å². The number of hydrogen-bond acceptors (Lipinski definition) is 5. The highest BCUT2D eigenvalue weighted by atomic mass is 79.9. The second-order valence-corrected chi connectivity index (χ2v) is 6.61. The highest BCUT2D eigenvalue weighted by Gasteiger charge is 2.22. The Morgan fingerprint density at radius 2 is 1.86 bits per heavy atom. The summed E-state index contributed by atoms with van der Waals surface area (Å²) in [6.45, 7) is 7.99. The molecule has 1 heterocycles. The van der Waals surface area contributed by atoms with Gasteiger partial charge in [0.25, 0.3) is 0 Å². The summed E-state index contributed by atoms with van der Waals surface area (Å²) in [5.74, 6) is 7.98. The topological polar surface area (TPSA) is 73.1 Å². The molecule has 0 aliphatic carbocycles. The second kappa shape index (κ2) is 5.99. The van der Waals surface area contributed by atoms with E-state index in [0.29, 0.717) is 23.3 Å². The largest absolute Gasteiger partial charge is 0.437 e. The normalized spacial score (nSPS) is 11.3. The molecule has 112 valence electrons. The van der Waals surface area contributed by atoms with Crippen LogP contribution in [-0.2, 0) is 5.41 Å². The van der Waals surface area contributed by atoms with Gasteiger partial charge in [0, 0.05) is 5.41 Å². The second-order valence-electron chi connectivity index (χ2n) is 5.75. The van der Waals surface area contributed by atoms with Crippen molar-refractivity contribution in [2.45, 2.75) is 33.1 Å². The van der Waals surface area contributed by atoms with Crippen molar-refractivity contribution in [2.75, 3.05) is 5.43 Å². The third-order valence-corrected chi connectivity index (χ3v) is 3.61. The van der Waals surface area contributed by atoms with Gasteiger partial charge in [-0.05, 0) is 35.0 Å². The molecule has 0 fully saturated rings. The van der Waals surface area contributed by atoms with Crippen LogP contribution in [0.3, 0.4) is 0 Å². The number of halogens is 1. The van der Waals surface area contributed by atoms with Gasteiger partial charge >= 0.3 is 0 Å². The van der Waals surface area contributed by atoms with E-state index in [-0.39, 0.29) is 5.41 Å². The number of nitrogens with two attached hydrogens (primary N) is 1. The summed E-state index contributed by atoms with van der Waals surface area (Å²) >= 11 is 3.46. The predicted octanol–water partition coefficient (Wildman–Crippen LogP) is 3.92. The van der Waals surface area contributed by atoms with Crippen molar-refractivity contribution in [1.29, 1.82) is 0 Å². The number of rotatable bonds is 3. The van der Waals surface area contributed by atoms with Crippen molar-refractivity contribution in [3.05, 3.63) is 40.1 Å². The zero-order chi connectivity index (χ0) is 15.6. The van der Waals surface area contributed by atoms with Gasteiger partial charge in [-0.2, -0.15) is 4.98 Å². The van der Waals surface area contributed by atoms with E-state index in [1.807, 2.05) is 52.0 Å². The van der Waals surface area contributed by atoms with Gasteiger partial charge in [-0.25, -0.2) is 10.8 Å². The maximum atomic E-state index is 5.92. The average Bonchev–Trinajstić information content (AvgIpc) is 2.42. The van der Waals surface area contributed by atoms with Crippen molar-refractivity contribution >= 4 is 21.7 Å². The van der Waals surface area contributed by atoms with Crippen molar-refractivity contribution < 1.29 is 4.74 Å².